The van der Waals surface area contributed by atoms with Crippen LogP contribution in [-0.4, -0.2) is 79.1 Å². The maximum absolute atomic E-state index is 9.77. The molecule has 1 aliphatic carbocycles. The first kappa shape index (κ1) is 26.4. The lowest BCUT2D eigenvalue weighted by molar-refractivity contribution is 0.110. The topological polar surface area (TPSA) is 150 Å². The number of likely N-dealkylation sites (tertiary alicyclic amines) is 1. The molecule has 5 rings (SSSR count). The van der Waals surface area contributed by atoms with Crippen LogP contribution >= 0.6 is 11.3 Å². The van der Waals surface area contributed by atoms with E-state index in [0.29, 0.717) is 28.6 Å². The number of pyridine rings is 1. The lowest BCUT2D eigenvalue weighted by Gasteiger charge is -2.31. The summed E-state index contributed by atoms with van der Waals surface area (Å²) in [6.45, 7) is 7.40. The molecule has 10 nitrogen and oxygen atoms in total. The minimum Gasteiger partial charge on any atom is -0.581 e. The predicted octanol–water partition coefficient (Wildman–Crippen LogP) is 2.22. The Hall–Kier alpha value is -3.20. The molecular formula is C27H37N8O2S+. The van der Waals surface area contributed by atoms with Crippen LogP contribution in [0.5, 0.6) is 5.88 Å². The summed E-state index contributed by atoms with van der Waals surface area (Å²) in [5.74, 6) is 0.487. The van der Waals surface area contributed by atoms with Gasteiger partial charge in [-0.15, -0.1) is 16.3 Å². The van der Waals surface area contributed by atoms with Gasteiger partial charge in [0, 0.05) is 61.5 Å². The predicted molar refractivity (Wildman–Crippen MR) is 152 cm³/mol. The molecule has 4 heterocycles. The number of ether oxygens (including phenoxy) is 1. The number of nitriles is 1. The first-order chi connectivity index (χ1) is 18.3. The van der Waals surface area contributed by atoms with E-state index < -0.39 is 5.41 Å². The van der Waals surface area contributed by atoms with Crippen LogP contribution in [0, 0.1) is 16.7 Å². The van der Waals surface area contributed by atoms with Crippen molar-refractivity contribution in [2.75, 3.05) is 56.9 Å². The van der Waals surface area contributed by atoms with E-state index in [1.54, 1.807) is 0 Å². The average molecular weight is 538 g/mol. The Balaban J connectivity index is 1.46. The van der Waals surface area contributed by atoms with Gasteiger partial charge in [0.1, 0.15) is 28.3 Å². The third kappa shape index (κ3) is 5.21. The number of rotatable bonds is 5. The van der Waals surface area contributed by atoms with Crippen LogP contribution in [-0.2, 0) is 11.8 Å². The smallest absolute Gasteiger partial charge is 0.343 e. The van der Waals surface area contributed by atoms with Crippen molar-refractivity contribution in [1.82, 2.24) is 15.2 Å². The van der Waals surface area contributed by atoms with E-state index >= 15 is 0 Å². The number of nitrogens with zero attached hydrogens (tertiary/aromatic N) is 5. The van der Waals surface area contributed by atoms with Crippen LogP contribution in [0.1, 0.15) is 54.3 Å². The average Bonchev–Trinajstić information content (AvgIpc) is 3.26. The Morgan fingerprint density at radius 3 is 2.76 bits per heavy atom. The van der Waals surface area contributed by atoms with Crippen LogP contribution in [0.2, 0.25) is 0 Å². The quantitative estimate of drug-likeness (QED) is 0.301. The lowest BCUT2D eigenvalue weighted by atomic mass is 9.72. The summed E-state index contributed by atoms with van der Waals surface area (Å²) in [7, 11) is 2.12. The lowest BCUT2D eigenvalue weighted by Crippen LogP contribution is -2.43. The highest BCUT2D eigenvalue weighted by Crippen LogP contribution is 2.46. The number of nitrogen functional groups attached to an aromatic ring is 1. The van der Waals surface area contributed by atoms with Crippen molar-refractivity contribution in [1.29, 1.82) is 10.7 Å². The van der Waals surface area contributed by atoms with Gasteiger partial charge >= 0.3 is 5.90 Å². The van der Waals surface area contributed by atoms with Gasteiger partial charge in [0.05, 0.1) is 5.56 Å². The third-order valence-electron chi connectivity index (χ3n) is 7.96. The van der Waals surface area contributed by atoms with Gasteiger partial charge in [0.25, 0.3) is 0 Å². The molecule has 202 valence electrons. The minimum atomic E-state index is -0.775. The number of fused-ring (bicyclic) bond motifs is 1. The molecule has 0 radical (unpaired) electrons. The van der Waals surface area contributed by atoms with E-state index in [9.17, 15) is 5.26 Å². The molecule has 2 fully saturated rings. The fourth-order valence-corrected chi connectivity index (χ4v) is 6.87. The van der Waals surface area contributed by atoms with E-state index in [1.807, 2.05) is 19.1 Å². The molecule has 38 heavy (non-hydrogen) atoms. The van der Waals surface area contributed by atoms with E-state index in [4.69, 9.17) is 21.0 Å². The van der Waals surface area contributed by atoms with E-state index in [2.05, 4.69) is 38.2 Å². The first-order valence-electron chi connectivity index (χ1n) is 13.3. The molecule has 0 saturated carbocycles. The molecule has 1 atom stereocenters. The van der Waals surface area contributed by atoms with Crippen molar-refractivity contribution in [2.24, 2.45) is 4.99 Å². The number of amidine groups is 1. The van der Waals surface area contributed by atoms with Crippen LogP contribution in [0.25, 0.3) is 0 Å². The molecule has 2 aromatic heterocycles. The zero-order valence-electron chi connectivity index (χ0n) is 22.1. The molecule has 0 aromatic carbocycles. The summed E-state index contributed by atoms with van der Waals surface area (Å²) in [5, 5.41) is 31.5. The van der Waals surface area contributed by atoms with E-state index in [1.165, 1.54) is 11.3 Å². The summed E-state index contributed by atoms with van der Waals surface area (Å²) in [4.78, 5) is 14.8. The maximum atomic E-state index is 9.77. The van der Waals surface area contributed by atoms with Gasteiger partial charge in [-0.3, -0.25) is 5.41 Å². The summed E-state index contributed by atoms with van der Waals surface area (Å²) >= 11 is 1.43. The Labute approximate surface area is 227 Å². The Morgan fingerprint density at radius 1 is 1.32 bits per heavy atom. The molecule has 0 amide bonds. The van der Waals surface area contributed by atoms with Gasteiger partial charge in [-0.2, -0.15) is 5.26 Å². The van der Waals surface area contributed by atoms with Gasteiger partial charge in [0.2, 0.25) is 5.88 Å². The second-order valence-electron chi connectivity index (χ2n) is 10.7. The number of hydrogen-bond acceptors (Lipinski definition) is 9. The molecule has 1 unspecified atom stereocenters. The van der Waals surface area contributed by atoms with Gasteiger partial charge in [0.15, 0.2) is 5.84 Å². The maximum Gasteiger partial charge on any atom is 0.343 e. The molecule has 2 saturated heterocycles. The highest BCUT2D eigenvalue weighted by atomic mass is 32.1. The molecule has 11 heteroatoms. The van der Waals surface area contributed by atoms with Crippen molar-refractivity contribution in [3.05, 3.63) is 33.8 Å². The molecular weight excluding hydrogens is 500 g/mol. The van der Waals surface area contributed by atoms with Gasteiger partial charge in [-0.25, -0.2) is 4.98 Å². The fourth-order valence-electron chi connectivity index (χ4n) is 5.68. The van der Waals surface area contributed by atoms with Gasteiger partial charge < -0.3 is 30.7 Å². The summed E-state index contributed by atoms with van der Waals surface area (Å²) in [5.41, 5.74) is 7.98. The second kappa shape index (κ2) is 10.9. The number of thiophene rings is 1. The molecule has 3 aliphatic rings. The van der Waals surface area contributed by atoms with Crippen molar-refractivity contribution in [3.63, 3.8) is 0 Å². The molecule has 0 spiro atoms. The highest BCUT2D eigenvalue weighted by molar-refractivity contribution is 7.16. The van der Waals surface area contributed by atoms with Crippen molar-refractivity contribution in [2.45, 2.75) is 50.5 Å². The minimum absolute atomic E-state index is 0.0601. The van der Waals surface area contributed by atoms with Gasteiger partial charge in [-0.1, -0.05) is 0 Å². The number of piperazine rings is 1. The van der Waals surface area contributed by atoms with Crippen molar-refractivity contribution >= 4 is 33.8 Å². The number of nitrogens with two attached hydrogens (primary N) is 1. The highest BCUT2D eigenvalue weighted by Gasteiger charge is 2.45. The summed E-state index contributed by atoms with van der Waals surface area (Å²) < 4.78 is 6.33. The Kier molecular flexibility index (Phi) is 7.56. The number of hydrogen-bond donors (Lipinski definition) is 3. The standard InChI is InChI=1S/C27H36N8O2S/c1-27(7-3-4-21-23(27)19(16-28)25(30)38-21)26(36)33-24(29)20-14-17(35-12-8-31-9-13-35)15-22(32-20)37-18-5-10-34(2)11-6-18/h14-15,18,31H,3-13,30H2,1-2H3,(H2,29,33,36)/p+1. The van der Waals surface area contributed by atoms with E-state index in [0.717, 1.165) is 81.1 Å². The number of nitrogens with one attached hydrogen (secondary N) is 2. The van der Waals surface area contributed by atoms with Crippen LogP contribution in [0.4, 0.5) is 10.7 Å². The number of piperidine rings is 1. The number of aliphatic imine (C=N–C) groups is 1. The van der Waals surface area contributed by atoms with Crippen LogP contribution < -0.4 is 20.7 Å². The number of anilines is 2. The Morgan fingerprint density at radius 2 is 2.05 bits per heavy atom. The van der Waals surface area contributed by atoms with E-state index in [-0.39, 0.29) is 17.8 Å². The first-order valence-corrected chi connectivity index (χ1v) is 14.1. The zero-order chi connectivity index (χ0) is 26.9. The monoisotopic (exact) mass is 537 g/mol. The molecule has 6 N–H and O–H groups in total. The summed E-state index contributed by atoms with van der Waals surface area (Å²) in [6.07, 6.45) is 4.36. The number of aromatic nitrogens is 1. The second-order valence-corrected chi connectivity index (χ2v) is 11.8. The fraction of sp³-hybridized carbons (Fsp3) is 0.556. The normalized spacial score (nSPS) is 23.1. The third-order valence-corrected chi connectivity index (χ3v) is 9.04. The van der Waals surface area contributed by atoms with Crippen LogP contribution in [0.15, 0.2) is 17.1 Å². The largest absolute Gasteiger partial charge is 0.581 e. The molecule has 2 aromatic rings. The molecule has 2 aliphatic heterocycles. The van der Waals surface area contributed by atoms with Crippen molar-refractivity contribution in [3.8, 4) is 11.9 Å². The SMILES string of the molecule is CN1CCC(Oc2cc(N3CCNCC3)cc(C(=N)N=C([OH2+])C3(C)CCCc4sc(N)c(C#N)c43)n2)CC1. The Bertz CT molecular complexity index is 1270. The van der Waals surface area contributed by atoms with Gasteiger partial charge in [-0.05, 0) is 52.1 Å². The van der Waals surface area contributed by atoms with Crippen molar-refractivity contribution < 1.29 is 9.84 Å². The zero-order valence-corrected chi connectivity index (χ0v) is 23.0. The molecule has 0 bridgehead atoms. The summed E-state index contributed by atoms with van der Waals surface area (Å²) in [6, 6.07) is 6.09. The van der Waals surface area contributed by atoms with Crippen LogP contribution in [0.3, 0.4) is 0 Å². The number of aryl methyl sites for hydroxylation is 1.